The van der Waals surface area contributed by atoms with Gasteiger partial charge in [0, 0.05) is 11.3 Å². The van der Waals surface area contributed by atoms with Gasteiger partial charge in [0.2, 0.25) is 5.95 Å². The number of nitrogens with one attached hydrogen (secondary N) is 1. The van der Waals surface area contributed by atoms with Gasteiger partial charge in [0.15, 0.2) is 5.82 Å². The van der Waals surface area contributed by atoms with Crippen LogP contribution in [-0.2, 0) is 16.1 Å². The minimum atomic E-state index is -1.15. The van der Waals surface area contributed by atoms with Crippen LogP contribution in [0.3, 0.4) is 0 Å². The molecule has 0 bridgehead atoms. The molecule has 0 fully saturated rings. The van der Waals surface area contributed by atoms with E-state index in [0.29, 0.717) is 11.3 Å². The Morgan fingerprint density at radius 2 is 2.25 bits per heavy atom. The number of hydrogen-bond donors (Lipinski definition) is 1. The molecule has 0 aromatic carbocycles. The summed E-state index contributed by atoms with van der Waals surface area (Å²) in [5.74, 6) is -2.67. The highest BCUT2D eigenvalue weighted by atomic mass is 19.2. The number of carbonyl (C=O) groups excluding carboxylic acids is 1. The molecule has 1 aromatic heterocycles. The van der Waals surface area contributed by atoms with E-state index in [1.807, 2.05) is 0 Å². The summed E-state index contributed by atoms with van der Waals surface area (Å²) in [7, 11) is 1.60. The van der Waals surface area contributed by atoms with Crippen molar-refractivity contribution in [2.24, 2.45) is 0 Å². The van der Waals surface area contributed by atoms with Gasteiger partial charge in [0.05, 0.1) is 6.54 Å². The number of aryl methyl sites for hydroxylation is 1. The first-order valence-corrected chi connectivity index (χ1v) is 4.66. The second-order valence-electron chi connectivity index (χ2n) is 3.20. The molecule has 0 saturated carbocycles. The van der Waals surface area contributed by atoms with E-state index < -0.39 is 17.7 Å². The van der Waals surface area contributed by atoms with Crippen LogP contribution in [0.4, 0.5) is 8.78 Å². The second kappa shape index (κ2) is 5.50. The standard InChI is InChI=1S/C10H12F2N2O2/c1-6-7(3-8(11)10(12)14-6)5-16-9(15)4-13-2/h3,13H,4-5H2,1-2H3. The first-order chi connectivity index (χ1) is 7.54. The Hall–Kier alpha value is -1.56. The van der Waals surface area contributed by atoms with Crippen molar-refractivity contribution in [2.45, 2.75) is 13.5 Å². The third kappa shape index (κ3) is 3.23. The smallest absolute Gasteiger partial charge is 0.320 e. The van der Waals surface area contributed by atoms with Crippen molar-refractivity contribution in [3.63, 3.8) is 0 Å². The van der Waals surface area contributed by atoms with Crippen LogP contribution in [-0.4, -0.2) is 24.5 Å². The Kier molecular flexibility index (Phi) is 4.30. The number of carbonyl (C=O) groups is 1. The molecule has 1 heterocycles. The summed E-state index contributed by atoms with van der Waals surface area (Å²) < 4.78 is 30.3. The number of likely N-dealkylation sites (N-methyl/N-ethyl adjacent to an activating group) is 1. The largest absolute Gasteiger partial charge is 0.460 e. The maximum Gasteiger partial charge on any atom is 0.320 e. The van der Waals surface area contributed by atoms with E-state index in [0.717, 1.165) is 6.07 Å². The van der Waals surface area contributed by atoms with Gasteiger partial charge in [0.25, 0.3) is 0 Å². The molecule has 1 rings (SSSR count). The van der Waals surface area contributed by atoms with Crippen molar-refractivity contribution in [2.75, 3.05) is 13.6 Å². The number of nitrogens with zero attached hydrogens (tertiary/aromatic N) is 1. The lowest BCUT2D eigenvalue weighted by atomic mass is 10.2. The summed E-state index contributed by atoms with van der Waals surface area (Å²) in [5.41, 5.74) is 0.652. The lowest BCUT2D eigenvalue weighted by Gasteiger charge is -2.07. The topological polar surface area (TPSA) is 51.2 Å². The van der Waals surface area contributed by atoms with Crippen LogP contribution in [0.2, 0.25) is 0 Å². The van der Waals surface area contributed by atoms with E-state index in [-0.39, 0.29) is 13.2 Å². The number of aromatic nitrogens is 1. The molecule has 0 unspecified atom stereocenters. The average molecular weight is 230 g/mol. The molecule has 0 saturated heterocycles. The summed E-state index contributed by atoms with van der Waals surface area (Å²) >= 11 is 0. The predicted octanol–water partition coefficient (Wildman–Crippen LogP) is 0.931. The normalized spacial score (nSPS) is 10.2. The van der Waals surface area contributed by atoms with Gasteiger partial charge < -0.3 is 10.1 Å². The molecule has 0 aliphatic carbocycles. The monoisotopic (exact) mass is 230 g/mol. The summed E-state index contributed by atoms with van der Waals surface area (Å²) in [5, 5.41) is 2.61. The van der Waals surface area contributed by atoms with Gasteiger partial charge in [-0.1, -0.05) is 0 Å². The van der Waals surface area contributed by atoms with Gasteiger partial charge >= 0.3 is 5.97 Å². The van der Waals surface area contributed by atoms with Crippen molar-refractivity contribution in [1.29, 1.82) is 0 Å². The number of halogens is 2. The first-order valence-electron chi connectivity index (χ1n) is 4.66. The molecule has 0 radical (unpaired) electrons. The van der Waals surface area contributed by atoms with Crippen molar-refractivity contribution < 1.29 is 18.3 Å². The van der Waals surface area contributed by atoms with Gasteiger partial charge in [0.1, 0.15) is 6.61 Å². The lowest BCUT2D eigenvalue weighted by molar-refractivity contribution is -0.143. The fraction of sp³-hybridized carbons (Fsp3) is 0.400. The molecule has 0 amide bonds. The molecular weight excluding hydrogens is 218 g/mol. The summed E-state index contributed by atoms with van der Waals surface area (Å²) in [6.45, 7) is 1.47. The third-order valence-corrected chi connectivity index (χ3v) is 1.94. The average Bonchev–Trinajstić information content (AvgIpc) is 2.22. The highest BCUT2D eigenvalue weighted by Crippen LogP contribution is 2.11. The predicted molar refractivity (Wildman–Crippen MR) is 52.6 cm³/mol. The zero-order valence-electron chi connectivity index (χ0n) is 9.01. The molecule has 0 atom stereocenters. The van der Waals surface area contributed by atoms with E-state index in [1.54, 1.807) is 7.05 Å². The minimum Gasteiger partial charge on any atom is -0.460 e. The molecule has 4 nitrogen and oxygen atoms in total. The van der Waals surface area contributed by atoms with Gasteiger partial charge in [-0.3, -0.25) is 4.79 Å². The summed E-state index contributed by atoms with van der Waals surface area (Å²) in [6.07, 6.45) is 0. The zero-order valence-corrected chi connectivity index (χ0v) is 9.01. The SMILES string of the molecule is CNCC(=O)OCc1cc(F)c(F)nc1C. The molecule has 1 aromatic rings. The van der Waals surface area contributed by atoms with Gasteiger partial charge in [-0.05, 0) is 20.0 Å². The van der Waals surface area contributed by atoms with E-state index in [9.17, 15) is 13.6 Å². The number of hydrogen-bond acceptors (Lipinski definition) is 4. The number of rotatable bonds is 4. The molecule has 0 aliphatic rings. The van der Waals surface area contributed by atoms with Crippen molar-refractivity contribution >= 4 is 5.97 Å². The van der Waals surface area contributed by atoms with Crippen LogP contribution in [0.1, 0.15) is 11.3 Å². The summed E-state index contributed by atoms with van der Waals surface area (Å²) in [4.78, 5) is 14.4. The quantitative estimate of drug-likeness (QED) is 0.617. The highest BCUT2D eigenvalue weighted by molar-refractivity contribution is 5.71. The molecule has 16 heavy (non-hydrogen) atoms. The Bertz CT molecular complexity index is 397. The maximum atomic E-state index is 12.8. The Morgan fingerprint density at radius 1 is 1.56 bits per heavy atom. The van der Waals surface area contributed by atoms with Crippen LogP contribution in [0.15, 0.2) is 6.07 Å². The Morgan fingerprint density at radius 3 is 2.88 bits per heavy atom. The first kappa shape index (κ1) is 12.5. The van der Waals surface area contributed by atoms with Crippen LogP contribution in [0.5, 0.6) is 0 Å². The molecule has 0 spiro atoms. The van der Waals surface area contributed by atoms with E-state index in [2.05, 4.69) is 10.3 Å². The molecule has 88 valence electrons. The Balaban J connectivity index is 2.67. The van der Waals surface area contributed by atoms with E-state index in [4.69, 9.17) is 4.74 Å². The van der Waals surface area contributed by atoms with Crippen LogP contribution in [0.25, 0.3) is 0 Å². The van der Waals surface area contributed by atoms with E-state index >= 15 is 0 Å². The van der Waals surface area contributed by atoms with Crippen LogP contribution in [0, 0.1) is 18.7 Å². The number of esters is 1. The molecule has 0 aliphatic heterocycles. The number of pyridine rings is 1. The van der Waals surface area contributed by atoms with E-state index in [1.165, 1.54) is 6.92 Å². The van der Waals surface area contributed by atoms with Gasteiger partial charge in [-0.2, -0.15) is 4.39 Å². The molecule has 1 N–H and O–H groups in total. The van der Waals surface area contributed by atoms with Crippen LogP contribution >= 0.6 is 0 Å². The lowest BCUT2D eigenvalue weighted by Crippen LogP contribution is -2.21. The zero-order chi connectivity index (χ0) is 12.1. The van der Waals surface area contributed by atoms with Gasteiger partial charge in [-0.25, -0.2) is 9.37 Å². The fourth-order valence-electron chi connectivity index (χ4n) is 1.09. The summed E-state index contributed by atoms with van der Waals surface area (Å²) in [6, 6.07) is 0.977. The highest BCUT2D eigenvalue weighted by Gasteiger charge is 2.10. The molecule has 6 heteroatoms. The molecular formula is C10H12F2N2O2. The minimum absolute atomic E-state index is 0.0656. The third-order valence-electron chi connectivity index (χ3n) is 1.94. The maximum absolute atomic E-state index is 12.8. The van der Waals surface area contributed by atoms with Gasteiger partial charge in [-0.15, -0.1) is 0 Å². The van der Waals surface area contributed by atoms with Crippen LogP contribution < -0.4 is 5.32 Å². The van der Waals surface area contributed by atoms with Crippen molar-refractivity contribution in [3.8, 4) is 0 Å². The fourth-order valence-corrected chi connectivity index (χ4v) is 1.09. The van der Waals surface area contributed by atoms with Crippen molar-refractivity contribution in [3.05, 3.63) is 29.1 Å². The Labute approximate surface area is 91.6 Å². The number of ether oxygens (including phenoxy) is 1. The second-order valence-corrected chi connectivity index (χ2v) is 3.20. The van der Waals surface area contributed by atoms with Crippen molar-refractivity contribution in [1.82, 2.24) is 10.3 Å².